The van der Waals surface area contributed by atoms with Crippen LogP contribution in [0.5, 0.6) is 0 Å². The maximum Gasteiger partial charge on any atom is 0.340 e. The number of nitrogens with two attached hydrogens (primary N) is 1. The van der Waals surface area contributed by atoms with Crippen molar-refractivity contribution in [3.8, 4) is 0 Å². The lowest BCUT2D eigenvalue weighted by Crippen LogP contribution is -2.39. The molecule has 1 aliphatic rings. The van der Waals surface area contributed by atoms with Crippen molar-refractivity contribution >= 4 is 17.3 Å². The summed E-state index contributed by atoms with van der Waals surface area (Å²) in [5, 5.41) is 0. The molecule has 1 atom stereocenters. The molecule has 0 amide bonds. The first-order valence-electron chi connectivity index (χ1n) is 7.00. The fourth-order valence-electron chi connectivity index (χ4n) is 2.57. The molecule has 1 aromatic carbocycles. The Hall–Kier alpha value is -1.75. The third-order valence-corrected chi connectivity index (χ3v) is 3.63. The molecule has 0 bridgehead atoms. The highest BCUT2D eigenvalue weighted by Gasteiger charge is 2.23. The van der Waals surface area contributed by atoms with E-state index in [4.69, 9.17) is 15.2 Å². The van der Waals surface area contributed by atoms with Gasteiger partial charge < -0.3 is 20.1 Å². The number of hydrogen-bond acceptors (Lipinski definition) is 5. The molecule has 20 heavy (non-hydrogen) atoms. The van der Waals surface area contributed by atoms with Gasteiger partial charge in [-0.2, -0.15) is 0 Å². The van der Waals surface area contributed by atoms with Crippen LogP contribution in [0.2, 0.25) is 0 Å². The second-order valence-electron chi connectivity index (χ2n) is 4.90. The summed E-state index contributed by atoms with van der Waals surface area (Å²) in [5.41, 5.74) is 7.96. The van der Waals surface area contributed by atoms with Crippen molar-refractivity contribution in [1.29, 1.82) is 0 Å². The molecule has 0 spiro atoms. The summed E-state index contributed by atoms with van der Waals surface area (Å²) in [6.07, 6.45) is 2.33. The average molecular weight is 278 g/mol. The van der Waals surface area contributed by atoms with Crippen LogP contribution in [0.1, 0.15) is 30.1 Å². The number of methoxy groups -OCH3 is 1. The number of nitrogens with zero attached hydrogens (tertiary/aromatic N) is 1. The fraction of sp³-hybridized carbons (Fsp3) is 0.533. The molecular formula is C15H22N2O3. The van der Waals surface area contributed by atoms with Gasteiger partial charge in [-0.15, -0.1) is 0 Å². The molecule has 1 fully saturated rings. The Kier molecular flexibility index (Phi) is 4.84. The van der Waals surface area contributed by atoms with Crippen molar-refractivity contribution in [3.05, 3.63) is 23.8 Å². The summed E-state index contributed by atoms with van der Waals surface area (Å²) in [4.78, 5) is 14.1. The summed E-state index contributed by atoms with van der Waals surface area (Å²) in [7, 11) is 1.73. The summed E-state index contributed by atoms with van der Waals surface area (Å²) >= 11 is 0. The highest BCUT2D eigenvalue weighted by Crippen LogP contribution is 2.30. The van der Waals surface area contributed by atoms with Gasteiger partial charge in [0.25, 0.3) is 0 Å². The maximum atomic E-state index is 11.9. The topological polar surface area (TPSA) is 64.8 Å². The maximum absolute atomic E-state index is 11.9. The van der Waals surface area contributed by atoms with Crippen LogP contribution in [0.4, 0.5) is 11.4 Å². The predicted octanol–water partition coefficient (Wildman–Crippen LogP) is 2.06. The van der Waals surface area contributed by atoms with Crippen molar-refractivity contribution in [1.82, 2.24) is 0 Å². The number of piperidine rings is 1. The number of esters is 1. The Balaban J connectivity index is 2.24. The van der Waals surface area contributed by atoms with Gasteiger partial charge in [-0.1, -0.05) is 6.07 Å². The number of benzene rings is 1. The molecule has 0 radical (unpaired) electrons. The Bertz CT molecular complexity index is 476. The molecule has 0 aromatic heterocycles. The molecule has 1 aliphatic heterocycles. The molecule has 1 aromatic rings. The Labute approximate surface area is 119 Å². The Morgan fingerprint density at radius 3 is 3.00 bits per heavy atom. The number of anilines is 2. The Morgan fingerprint density at radius 2 is 2.30 bits per heavy atom. The smallest absolute Gasteiger partial charge is 0.340 e. The van der Waals surface area contributed by atoms with Crippen LogP contribution in [0.25, 0.3) is 0 Å². The monoisotopic (exact) mass is 278 g/mol. The third kappa shape index (κ3) is 3.04. The van der Waals surface area contributed by atoms with Crippen molar-refractivity contribution in [2.75, 3.05) is 37.4 Å². The van der Waals surface area contributed by atoms with Crippen LogP contribution in [-0.4, -0.2) is 38.9 Å². The van der Waals surface area contributed by atoms with Crippen LogP contribution in [0, 0.1) is 0 Å². The van der Waals surface area contributed by atoms with Gasteiger partial charge in [0.1, 0.15) is 0 Å². The molecule has 2 rings (SSSR count). The minimum Gasteiger partial charge on any atom is -0.462 e. The minimum absolute atomic E-state index is 0.217. The number of rotatable bonds is 4. The molecule has 1 unspecified atom stereocenters. The summed E-state index contributed by atoms with van der Waals surface area (Å²) in [6, 6.07) is 5.49. The van der Waals surface area contributed by atoms with Gasteiger partial charge in [0.05, 0.1) is 29.6 Å². The van der Waals surface area contributed by atoms with Gasteiger partial charge >= 0.3 is 5.97 Å². The lowest BCUT2D eigenvalue weighted by atomic mass is 10.1. The molecule has 110 valence electrons. The van der Waals surface area contributed by atoms with Gasteiger partial charge in [-0.25, -0.2) is 4.79 Å². The summed E-state index contributed by atoms with van der Waals surface area (Å²) in [6.45, 7) is 3.85. The van der Waals surface area contributed by atoms with Crippen LogP contribution < -0.4 is 10.6 Å². The van der Waals surface area contributed by atoms with E-state index in [0.29, 0.717) is 17.9 Å². The largest absolute Gasteiger partial charge is 0.462 e. The quantitative estimate of drug-likeness (QED) is 0.674. The summed E-state index contributed by atoms with van der Waals surface area (Å²) < 4.78 is 10.5. The average Bonchev–Trinajstić information content (AvgIpc) is 2.47. The first-order valence-corrected chi connectivity index (χ1v) is 7.00. The van der Waals surface area contributed by atoms with E-state index in [1.165, 1.54) is 0 Å². The number of carbonyl (C=O) groups is 1. The predicted molar refractivity (Wildman–Crippen MR) is 79.1 cm³/mol. The second-order valence-corrected chi connectivity index (χ2v) is 4.90. The fourth-order valence-corrected chi connectivity index (χ4v) is 2.57. The van der Waals surface area contributed by atoms with Gasteiger partial charge in [0.15, 0.2) is 0 Å². The van der Waals surface area contributed by atoms with Crippen LogP contribution >= 0.6 is 0 Å². The second kappa shape index (κ2) is 6.61. The number of nitrogen functional groups attached to an aromatic ring is 1. The van der Waals surface area contributed by atoms with Crippen molar-refractivity contribution in [3.63, 3.8) is 0 Å². The third-order valence-electron chi connectivity index (χ3n) is 3.63. The first-order chi connectivity index (χ1) is 9.67. The molecule has 1 heterocycles. The van der Waals surface area contributed by atoms with E-state index in [1.54, 1.807) is 20.1 Å². The molecule has 2 N–H and O–H groups in total. The zero-order valence-electron chi connectivity index (χ0n) is 12.1. The molecule has 0 saturated carbocycles. The highest BCUT2D eigenvalue weighted by atomic mass is 16.5. The van der Waals surface area contributed by atoms with Gasteiger partial charge in [0, 0.05) is 20.2 Å². The standard InChI is InChI=1S/C15H22N2O3/c1-3-20-15(18)12-7-4-8-13(14(12)16)17-9-5-6-11(10-17)19-2/h4,7-8,11H,3,5-6,9-10,16H2,1-2H3. The highest BCUT2D eigenvalue weighted by molar-refractivity contribution is 5.98. The van der Waals surface area contributed by atoms with Gasteiger partial charge in [-0.05, 0) is 31.9 Å². The van der Waals surface area contributed by atoms with E-state index in [1.807, 2.05) is 12.1 Å². The normalized spacial score (nSPS) is 18.9. The number of ether oxygens (including phenoxy) is 2. The number of para-hydroxylation sites is 1. The van der Waals surface area contributed by atoms with E-state index in [9.17, 15) is 4.79 Å². The van der Waals surface area contributed by atoms with E-state index in [-0.39, 0.29) is 12.1 Å². The van der Waals surface area contributed by atoms with Crippen LogP contribution in [-0.2, 0) is 9.47 Å². The van der Waals surface area contributed by atoms with Crippen molar-refractivity contribution < 1.29 is 14.3 Å². The molecule has 5 heteroatoms. The number of hydrogen-bond donors (Lipinski definition) is 1. The molecule has 1 saturated heterocycles. The zero-order valence-corrected chi connectivity index (χ0v) is 12.1. The Morgan fingerprint density at radius 1 is 1.50 bits per heavy atom. The molecule has 5 nitrogen and oxygen atoms in total. The van der Waals surface area contributed by atoms with E-state index >= 15 is 0 Å². The minimum atomic E-state index is -0.368. The van der Waals surface area contributed by atoms with Crippen molar-refractivity contribution in [2.45, 2.75) is 25.9 Å². The van der Waals surface area contributed by atoms with Crippen molar-refractivity contribution in [2.24, 2.45) is 0 Å². The van der Waals surface area contributed by atoms with E-state index in [2.05, 4.69) is 4.90 Å². The van der Waals surface area contributed by atoms with E-state index < -0.39 is 0 Å². The first kappa shape index (κ1) is 14.7. The van der Waals surface area contributed by atoms with Crippen LogP contribution in [0.15, 0.2) is 18.2 Å². The van der Waals surface area contributed by atoms with E-state index in [0.717, 1.165) is 31.6 Å². The lowest BCUT2D eigenvalue weighted by molar-refractivity contribution is 0.0527. The van der Waals surface area contributed by atoms with Gasteiger partial charge in [0.2, 0.25) is 0 Å². The zero-order chi connectivity index (χ0) is 14.5. The number of carbonyl (C=O) groups excluding carboxylic acids is 1. The van der Waals surface area contributed by atoms with Gasteiger partial charge in [-0.3, -0.25) is 0 Å². The van der Waals surface area contributed by atoms with Crippen LogP contribution in [0.3, 0.4) is 0 Å². The SMILES string of the molecule is CCOC(=O)c1cccc(N2CCCC(OC)C2)c1N. The lowest BCUT2D eigenvalue weighted by Gasteiger charge is -2.34. The molecule has 0 aliphatic carbocycles. The summed E-state index contributed by atoms with van der Waals surface area (Å²) in [5.74, 6) is -0.368. The molecular weight excluding hydrogens is 256 g/mol.